The van der Waals surface area contributed by atoms with Crippen LogP contribution in [0.5, 0.6) is 5.75 Å². The van der Waals surface area contributed by atoms with Crippen LogP contribution in [-0.4, -0.2) is 26.2 Å². The van der Waals surface area contributed by atoms with Crippen LogP contribution in [0.15, 0.2) is 18.2 Å². The van der Waals surface area contributed by atoms with Crippen LogP contribution >= 0.6 is 0 Å². The summed E-state index contributed by atoms with van der Waals surface area (Å²) in [5, 5.41) is 20.0. The highest BCUT2D eigenvalue weighted by Gasteiger charge is 2.12. The van der Waals surface area contributed by atoms with Crippen molar-refractivity contribution in [1.29, 1.82) is 0 Å². The first kappa shape index (κ1) is 10.0. The minimum absolute atomic E-state index is 0.0900. The quantitative estimate of drug-likeness (QED) is 0.673. The predicted octanol–water partition coefficient (Wildman–Crippen LogP) is 0.449. The van der Waals surface area contributed by atoms with Crippen molar-refractivity contribution in [1.82, 2.24) is 4.48 Å². The Bertz CT molecular complexity index is 302. The van der Waals surface area contributed by atoms with Crippen molar-refractivity contribution in [2.24, 2.45) is 0 Å². The molecule has 0 aliphatic carbocycles. The van der Waals surface area contributed by atoms with E-state index in [9.17, 15) is 10.2 Å². The molecule has 0 saturated carbocycles. The zero-order valence-electron chi connectivity index (χ0n) is 8.24. The van der Waals surface area contributed by atoms with Gasteiger partial charge in [-0.05, 0) is 11.6 Å². The largest absolute Gasteiger partial charge is 0.851 e. The normalized spacial score (nSPS) is 11.7. The van der Waals surface area contributed by atoms with Crippen molar-refractivity contribution in [3.63, 3.8) is 0 Å². The van der Waals surface area contributed by atoms with Crippen LogP contribution in [0.4, 0.5) is 5.69 Å². The summed E-state index contributed by atoms with van der Waals surface area (Å²) in [5.74, 6) is 0.0900. The third kappa shape index (κ3) is 2.20. The van der Waals surface area contributed by atoms with E-state index in [0.29, 0.717) is 10.0 Å². The van der Waals surface area contributed by atoms with Crippen molar-refractivity contribution in [3.8, 4) is 5.75 Å². The zero-order chi connectivity index (χ0) is 10.1. The van der Waals surface area contributed by atoms with Gasteiger partial charge in [0.1, 0.15) is 11.4 Å². The molecule has 13 heavy (non-hydrogen) atoms. The fourth-order valence-corrected chi connectivity index (χ4v) is 1.10. The van der Waals surface area contributed by atoms with Gasteiger partial charge in [-0.15, -0.1) is 6.61 Å². The van der Waals surface area contributed by atoms with Gasteiger partial charge in [0.2, 0.25) is 0 Å². The van der Waals surface area contributed by atoms with Gasteiger partial charge in [-0.2, -0.15) is 0 Å². The fraction of sp³-hybridized carbons (Fsp3) is 0.400. The van der Waals surface area contributed by atoms with Gasteiger partial charge in [-0.1, -0.05) is 0 Å². The van der Waals surface area contributed by atoms with E-state index in [-0.39, 0.29) is 12.4 Å². The molecule has 0 spiro atoms. The second-order valence-electron chi connectivity index (χ2n) is 3.97. The third-order valence-corrected chi connectivity index (χ3v) is 1.99. The van der Waals surface area contributed by atoms with E-state index < -0.39 is 0 Å². The van der Waals surface area contributed by atoms with Gasteiger partial charge in [0, 0.05) is 12.1 Å². The lowest BCUT2D eigenvalue weighted by Crippen LogP contribution is -2.34. The molecule has 3 nitrogen and oxygen atoms in total. The zero-order valence-corrected chi connectivity index (χ0v) is 8.24. The van der Waals surface area contributed by atoms with Gasteiger partial charge >= 0.3 is 0 Å². The molecule has 0 fully saturated rings. The monoisotopic (exact) mass is 181 g/mol. The highest BCUT2D eigenvalue weighted by atomic mass is 16.3. The average molecular weight is 181 g/mol. The Hall–Kier alpha value is -1.06. The lowest BCUT2D eigenvalue weighted by molar-refractivity contribution is -0.386. The Labute approximate surface area is 78.4 Å². The number of phenolic OH excluding ortho intramolecular Hbond substituents is 1. The maximum atomic E-state index is 10.7. The molecule has 0 saturated heterocycles. The van der Waals surface area contributed by atoms with Crippen LogP contribution in [0.1, 0.15) is 5.56 Å². The molecule has 1 rings (SSSR count). The summed E-state index contributed by atoms with van der Waals surface area (Å²) in [6.07, 6.45) is 0. The molecular weight excluding hydrogens is 166 g/mol. The summed E-state index contributed by atoms with van der Waals surface area (Å²) >= 11 is 0. The summed E-state index contributed by atoms with van der Waals surface area (Å²) in [6, 6.07) is 5.16. The number of rotatable bonds is 2. The van der Waals surface area contributed by atoms with E-state index >= 15 is 0 Å². The summed E-state index contributed by atoms with van der Waals surface area (Å²) in [5.41, 5.74) is 1.48. The van der Waals surface area contributed by atoms with Crippen LogP contribution in [-0.2, 0) is 6.61 Å². The van der Waals surface area contributed by atoms with Crippen molar-refractivity contribution < 1.29 is 10.2 Å². The Morgan fingerprint density at radius 3 is 2.38 bits per heavy atom. The Balaban J connectivity index is 3.14. The molecule has 1 aromatic rings. The van der Waals surface area contributed by atoms with Crippen LogP contribution in [0.2, 0.25) is 0 Å². The van der Waals surface area contributed by atoms with Crippen molar-refractivity contribution >= 4 is 5.69 Å². The lowest BCUT2D eigenvalue weighted by atomic mass is 10.1. The second kappa shape index (κ2) is 3.36. The highest BCUT2D eigenvalue weighted by molar-refractivity contribution is 5.49. The first-order valence-electron chi connectivity index (χ1n) is 4.17. The third-order valence-electron chi connectivity index (χ3n) is 1.99. The van der Waals surface area contributed by atoms with E-state index in [2.05, 4.69) is 0 Å². The first-order valence-corrected chi connectivity index (χ1v) is 4.17. The van der Waals surface area contributed by atoms with Crippen LogP contribution < -0.4 is 9.59 Å². The van der Waals surface area contributed by atoms with Crippen LogP contribution in [0.3, 0.4) is 0 Å². The molecule has 0 radical (unpaired) electrons. The molecule has 0 atom stereocenters. The molecule has 0 unspecified atom stereocenters. The van der Waals surface area contributed by atoms with Crippen molar-refractivity contribution in [2.75, 3.05) is 21.1 Å². The summed E-state index contributed by atoms with van der Waals surface area (Å²) in [4.78, 5) is 0. The molecule has 0 aliphatic heterocycles. The maximum Gasteiger partial charge on any atom is 0.132 e. The van der Waals surface area contributed by atoms with Gasteiger partial charge in [-0.3, -0.25) is 4.48 Å². The van der Waals surface area contributed by atoms with E-state index in [4.69, 9.17) is 0 Å². The predicted molar refractivity (Wildman–Crippen MR) is 51.4 cm³/mol. The molecular formula is C10H15NO2. The number of hydrogen-bond acceptors (Lipinski definition) is 2. The second-order valence-corrected chi connectivity index (χ2v) is 3.97. The molecule has 0 heterocycles. The van der Waals surface area contributed by atoms with E-state index in [0.717, 1.165) is 5.69 Å². The van der Waals surface area contributed by atoms with E-state index in [1.54, 1.807) is 12.1 Å². The average Bonchev–Trinajstić information content (AvgIpc) is 2.03. The minimum atomic E-state index is -0.375. The molecule has 0 aliphatic rings. The molecule has 1 aromatic carbocycles. The lowest BCUT2D eigenvalue weighted by Gasteiger charge is -2.24. The molecule has 3 heteroatoms. The van der Waals surface area contributed by atoms with Gasteiger partial charge in [-0.25, -0.2) is 0 Å². The van der Waals surface area contributed by atoms with Gasteiger partial charge in [0.05, 0.1) is 21.1 Å². The number of hydrogen-bond donors (Lipinski definition) is 1. The van der Waals surface area contributed by atoms with Gasteiger partial charge in [0.25, 0.3) is 0 Å². The number of aromatic hydroxyl groups is 1. The molecule has 0 amide bonds. The number of nitrogens with zero attached hydrogens (tertiary/aromatic N) is 1. The topological polar surface area (TPSA) is 43.3 Å². The number of quaternary nitrogens is 1. The fourth-order valence-electron chi connectivity index (χ4n) is 1.10. The Morgan fingerprint density at radius 2 is 1.92 bits per heavy atom. The van der Waals surface area contributed by atoms with E-state index in [1.165, 1.54) is 0 Å². The maximum absolute atomic E-state index is 10.7. The van der Waals surface area contributed by atoms with Crippen LogP contribution in [0, 0.1) is 0 Å². The SMILES string of the molecule is C[N+](C)(C)c1ccc(O)c(C[O-])c1. The van der Waals surface area contributed by atoms with Crippen molar-refractivity contribution in [3.05, 3.63) is 23.8 Å². The smallest absolute Gasteiger partial charge is 0.132 e. The Kier molecular flexibility index (Phi) is 2.59. The number of phenols is 1. The van der Waals surface area contributed by atoms with Gasteiger partial charge < -0.3 is 10.2 Å². The first-order chi connectivity index (χ1) is 5.95. The molecule has 0 aromatic heterocycles. The molecule has 72 valence electrons. The van der Waals surface area contributed by atoms with Gasteiger partial charge in [0.15, 0.2) is 0 Å². The standard InChI is InChI=1S/C10H15NO2/c1-11(2,3)9-4-5-10(13)8(6-9)7-12/h4-6,13H,7H2,1-3H3. The van der Waals surface area contributed by atoms with E-state index in [1.807, 2.05) is 27.2 Å². The summed E-state index contributed by atoms with van der Waals surface area (Å²) in [7, 11) is 6.04. The highest BCUT2D eigenvalue weighted by Crippen LogP contribution is 2.24. The number of benzene rings is 1. The summed E-state index contributed by atoms with van der Waals surface area (Å²) in [6.45, 7) is -0.375. The minimum Gasteiger partial charge on any atom is -0.851 e. The molecule has 0 bridgehead atoms. The van der Waals surface area contributed by atoms with Crippen LogP contribution in [0.25, 0.3) is 0 Å². The van der Waals surface area contributed by atoms with Crippen molar-refractivity contribution in [2.45, 2.75) is 6.61 Å². The summed E-state index contributed by atoms with van der Waals surface area (Å²) < 4.78 is 0.646. The molecule has 1 N–H and O–H groups in total. The Morgan fingerprint density at radius 1 is 1.31 bits per heavy atom.